The molecule has 0 aromatic rings. The number of aliphatic hydroxyl groups is 24. The van der Waals surface area contributed by atoms with Crippen molar-refractivity contribution in [3.63, 3.8) is 0 Å². The third-order valence-electron chi connectivity index (χ3n) is 16.9. The zero-order chi connectivity index (χ0) is 64.1. The van der Waals surface area contributed by atoms with Crippen LogP contribution in [0.25, 0.3) is 0 Å². The molecule has 30 fully saturated rings. The van der Waals surface area contributed by atoms with Crippen molar-refractivity contribution in [3.8, 4) is 0 Å². The van der Waals surface area contributed by atoms with E-state index < -0.39 is 299 Å². The summed E-state index contributed by atoms with van der Waals surface area (Å²) in [6, 6.07) is 0. The average molecular weight is 1320 g/mol. The quantitative estimate of drug-likeness (QED) is 0.107. The molecule has 89 heavy (non-hydrogen) atoms. The highest BCUT2D eigenvalue weighted by Crippen LogP contribution is 2.40. The van der Waals surface area contributed by atoms with E-state index in [1.54, 1.807) is 0 Å². The molecule has 41 nitrogen and oxygen atoms in total. The van der Waals surface area contributed by atoms with Crippen LogP contribution in [0.2, 0.25) is 0 Å². The van der Waals surface area contributed by atoms with Crippen LogP contribution in [0.15, 0.2) is 0 Å². The van der Waals surface area contributed by atoms with Crippen molar-refractivity contribution in [1.82, 2.24) is 0 Å². The first kappa shape index (κ1) is 73.2. The first-order chi connectivity index (χ1) is 41.9. The van der Waals surface area contributed by atoms with Crippen LogP contribution in [0.5, 0.6) is 0 Å². The van der Waals surface area contributed by atoms with Crippen molar-refractivity contribution in [2.45, 2.75) is 246 Å². The molecule has 30 aliphatic rings. The molecule has 30 aliphatic heterocycles. The van der Waals surface area contributed by atoms with Gasteiger partial charge in [-0.05, 0) is 0 Å². The topological polar surface area (TPSA) is 665 Å². The van der Waals surface area contributed by atoms with Gasteiger partial charge in [-0.2, -0.15) is 0 Å². The van der Waals surface area contributed by atoms with Gasteiger partial charge < -0.3 is 204 Å². The summed E-state index contributed by atoms with van der Waals surface area (Å²) in [5, 5.41) is 265. The van der Waals surface area contributed by atoms with E-state index in [0.29, 0.717) is 0 Å². The van der Waals surface area contributed by atoms with Crippen LogP contribution >= 0.6 is 0 Å². The number of hydrogen-bond donors (Lipinski definition) is 24. The second-order valence-electron chi connectivity index (χ2n) is 22.5. The van der Waals surface area contributed by atoms with E-state index in [9.17, 15) is 123 Å². The number of hydrogen-bond acceptors (Lipinski definition) is 40. The van der Waals surface area contributed by atoms with E-state index in [2.05, 4.69) is 0 Å². The Morgan fingerprint density at radius 2 is 0.236 bits per heavy atom. The standard InChI is InChI=1S/C48H80O40.H2O/c49-1-9-33-17(57)25(65)41(73-9)82-34-10(2-50)75-43(27(67)19(34)59)84-36-12(4-52)77-45(29(69)21(36)61)86-38-14(6-54)79-47(31(71)23(38)63)88-40-16(8-56)80-48(32(72)24(40)64)87-39-15(7-55)78-46(30(70)22(39)62)85-37-13(5-53)76-44(28(68)20(37)60)83-35-11(3-51)74-42(81-33)26(66)18(35)58;/h9-72H,1-8H2;1H2/t9-,10-,11-,12-,13-,14-,15-,16-,17-,18-,19-,20-,21-,22-,23-,24-,25-,26-,27-,28-,29-,30-,31-,32-,33-,34-,35-,36-,37-,38-,39-,40-,41-,42-,43-,44-,45-,46-,47-,48-;/m1./s1. The van der Waals surface area contributed by atoms with E-state index >= 15 is 0 Å². The van der Waals surface area contributed by atoms with Crippen molar-refractivity contribution in [3.05, 3.63) is 0 Å². The minimum absolute atomic E-state index is 0. The number of ether oxygens (including phenoxy) is 16. The van der Waals surface area contributed by atoms with Crippen molar-refractivity contribution >= 4 is 0 Å². The van der Waals surface area contributed by atoms with E-state index in [4.69, 9.17) is 75.8 Å². The fraction of sp³-hybridized carbons (Fsp3) is 1.00. The highest BCUT2D eigenvalue weighted by atomic mass is 16.8. The van der Waals surface area contributed by atoms with Crippen molar-refractivity contribution in [1.29, 1.82) is 0 Å². The van der Waals surface area contributed by atoms with Crippen LogP contribution in [0.3, 0.4) is 0 Å². The molecule has 16 bridgehead atoms. The van der Waals surface area contributed by atoms with E-state index in [-0.39, 0.29) is 5.48 Å². The first-order valence-corrected chi connectivity index (χ1v) is 28.1. The maximum absolute atomic E-state index is 11.4. The van der Waals surface area contributed by atoms with Gasteiger partial charge in [-0.3, -0.25) is 0 Å². The van der Waals surface area contributed by atoms with Gasteiger partial charge in [0, 0.05) is 0 Å². The minimum atomic E-state index is -2.25. The summed E-state index contributed by atoms with van der Waals surface area (Å²) in [7, 11) is 0. The molecule has 0 spiro atoms. The van der Waals surface area contributed by atoms with Gasteiger partial charge in [-0.25, -0.2) is 0 Å². The maximum atomic E-state index is 11.4. The molecule has 30 rings (SSSR count). The average Bonchev–Trinajstić information content (AvgIpc) is 1.07. The fourth-order valence-corrected chi connectivity index (χ4v) is 11.9. The SMILES string of the molecule is O.OC[C@H]1O[C@@H]2O[C@H]3[C@H](O)[C@@H](O)[C@@H](O[C@H]4[C@H](O)[C@@H](O)[C@@H](O[C@H]5[C@H](O)[C@@H](O)[C@@H](O[C@H]6[C@H](O)[C@@H](O)[C@@H](O[C@H]7[C@H](O)[C@@H](O)[C@@H](O[C@H]8[C@H](O)[C@@H](O)[C@@H](O[C@H]9[C@H](O)[C@@H](O)[C@@H](O[C@H]1[C@H](O)[C@H]2O)O[C@@H]9CO)O[C@@H]8CO)O[C@@H]7CO)O[C@@H]6CO)O[C@@H]5CO)O[C@@H]4CO)O[C@@H]3CO. The zero-order valence-electron chi connectivity index (χ0n) is 46.5. The maximum Gasteiger partial charge on any atom is 0.187 e. The van der Waals surface area contributed by atoms with Crippen molar-refractivity contribution < 1.29 is 204 Å². The highest BCUT2D eigenvalue weighted by molar-refractivity contribution is 5.02. The van der Waals surface area contributed by atoms with Gasteiger partial charge >= 0.3 is 0 Å². The lowest BCUT2D eigenvalue weighted by atomic mass is 9.94. The summed E-state index contributed by atoms with van der Waals surface area (Å²) in [5.41, 5.74) is 0. The monoisotopic (exact) mass is 1310 g/mol. The van der Waals surface area contributed by atoms with Gasteiger partial charge in [0.15, 0.2) is 50.3 Å². The molecule has 26 N–H and O–H groups in total. The summed E-state index contributed by atoms with van der Waals surface area (Å²) in [5.74, 6) is 0. The van der Waals surface area contributed by atoms with Gasteiger partial charge in [0.25, 0.3) is 0 Å². The summed E-state index contributed by atoms with van der Waals surface area (Å²) in [4.78, 5) is 0. The van der Waals surface area contributed by atoms with Gasteiger partial charge in [0.1, 0.15) is 195 Å². The molecule has 0 amide bonds. The molecule has 30 saturated heterocycles. The first-order valence-electron chi connectivity index (χ1n) is 28.1. The molecule has 0 unspecified atom stereocenters. The molecule has 0 radical (unpaired) electrons. The molecular formula is C48H82O41. The molecule has 0 aromatic heterocycles. The van der Waals surface area contributed by atoms with Crippen LogP contribution in [0.4, 0.5) is 0 Å². The molecule has 0 aromatic carbocycles. The molecule has 40 atom stereocenters. The summed E-state index contributed by atoms with van der Waals surface area (Å²) < 4.78 is 91.1. The highest BCUT2D eigenvalue weighted by Gasteiger charge is 2.60. The van der Waals surface area contributed by atoms with Crippen LogP contribution in [0.1, 0.15) is 0 Å². The normalized spacial score (nSPS) is 54.7. The Morgan fingerprint density at radius 3 is 0.315 bits per heavy atom. The molecule has 0 saturated carbocycles. The summed E-state index contributed by atoms with van der Waals surface area (Å²) in [6.45, 7) is -8.64. The van der Waals surface area contributed by atoms with E-state index in [0.717, 1.165) is 0 Å². The Hall–Kier alpha value is -1.64. The van der Waals surface area contributed by atoms with Crippen LogP contribution < -0.4 is 0 Å². The molecule has 30 heterocycles. The Labute approximate surface area is 501 Å². The Balaban J connectivity index is 0.0000102. The summed E-state index contributed by atoms with van der Waals surface area (Å²) in [6.07, 6.45) is -82.0. The van der Waals surface area contributed by atoms with Crippen LogP contribution in [-0.2, 0) is 75.8 Å². The molecule has 41 heteroatoms. The van der Waals surface area contributed by atoms with E-state index in [1.165, 1.54) is 0 Å². The van der Waals surface area contributed by atoms with Gasteiger partial charge in [-0.15, -0.1) is 0 Å². The third-order valence-corrected chi connectivity index (χ3v) is 16.9. The van der Waals surface area contributed by atoms with Gasteiger partial charge in [-0.1, -0.05) is 0 Å². The molecule has 0 aliphatic carbocycles. The minimum Gasteiger partial charge on any atom is -0.412 e. The smallest absolute Gasteiger partial charge is 0.187 e. The Morgan fingerprint density at radius 1 is 0.146 bits per heavy atom. The largest absolute Gasteiger partial charge is 0.412 e. The number of rotatable bonds is 8. The number of aliphatic hydroxyl groups excluding tert-OH is 24. The summed E-state index contributed by atoms with van der Waals surface area (Å²) >= 11 is 0. The Kier molecular flexibility index (Phi) is 25.5. The van der Waals surface area contributed by atoms with Gasteiger partial charge in [0.2, 0.25) is 0 Å². The lowest BCUT2D eigenvalue weighted by Gasteiger charge is -2.50. The van der Waals surface area contributed by atoms with Crippen LogP contribution in [0, 0.1) is 0 Å². The van der Waals surface area contributed by atoms with Crippen molar-refractivity contribution in [2.75, 3.05) is 52.9 Å². The second-order valence-corrected chi connectivity index (χ2v) is 22.5. The second kappa shape index (κ2) is 31.0. The predicted octanol–water partition coefficient (Wildman–Crippen LogP) is -18.2. The molecule has 520 valence electrons. The third kappa shape index (κ3) is 14.4. The lowest BCUT2D eigenvalue weighted by Crippen LogP contribution is -2.69. The lowest BCUT2D eigenvalue weighted by molar-refractivity contribution is -0.404. The Bertz CT molecular complexity index is 1710. The molecular weight excluding hydrogens is 1230 g/mol. The fourth-order valence-electron chi connectivity index (χ4n) is 11.9. The van der Waals surface area contributed by atoms with E-state index in [1.807, 2.05) is 0 Å². The van der Waals surface area contributed by atoms with Crippen molar-refractivity contribution in [2.24, 2.45) is 0 Å². The zero-order valence-corrected chi connectivity index (χ0v) is 46.5. The van der Waals surface area contributed by atoms with Crippen LogP contribution in [-0.4, -0.2) is 427 Å². The van der Waals surface area contributed by atoms with Gasteiger partial charge in [0.05, 0.1) is 52.9 Å². The predicted molar refractivity (Wildman–Crippen MR) is 265 cm³/mol.